The number of hydrogen-bond donors (Lipinski definition) is 0. The van der Waals surface area contributed by atoms with E-state index in [0.717, 1.165) is 10.8 Å². The maximum atomic E-state index is 11.8. The molecular formula is C15H9NO5S. The fourth-order valence-corrected chi connectivity index (χ4v) is 2.74. The third-order valence-corrected chi connectivity index (χ3v) is 3.79. The van der Waals surface area contributed by atoms with Gasteiger partial charge in [0.1, 0.15) is 5.75 Å². The molecule has 0 atom stereocenters. The van der Waals surface area contributed by atoms with Crippen LogP contribution >= 0.6 is 11.3 Å². The Morgan fingerprint density at radius 2 is 1.77 bits per heavy atom. The van der Waals surface area contributed by atoms with Gasteiger partial charge in [0.2, 0.25) is 0 Å². The van der Waals surface area contributed by atoms with Crippen molar-refractivity contribution in [1.82, 2.24) is 0 Å². The first-order valence-corrected chi connectivity index (χ1v) is 7.12. The minimum atomic E-state index is -0.888. The highest BCUT2D eigenvalue weighted by Crippen LogP contribution is 2.33. The van der Waals surface area contributed by atoms with Crippen molar-refractivity contribution in [3.05, 3.63) is 64.0 Å². The fraction of sp³-hybridized carbons (Fsp3) is 0. The normalized spacial score (nSPS) is 10.4. The first kappa shape index (κ1) is 14.0. The number of benzene rings is 2. The van der Waals surface area contributed by atoms with Gasteiger partial charge in [0.15, 0.2) is 5.06 Å². The van der Waals surface area contributed by atoms with E-state index in [1.54, 1.807) is 0 Å². The topological polar surface area (TPSA) is 78.7 Å². The lowest BCUT2D eigenvalue weighted by molar-refractivity contribution is -0.384. The molecule has 0 aliphatic heterocycles. The van der Waals surface area contributed by atoms with Gasteiger partial charge in [-0.25, -0.2) is 4.79 Å². The SMILES string of the molecule is O=C(Oc1ccc([N+](=O)[O-])cc1)Oc1scc2ccccc12. The molecule has 22 heavy (non-hydrogen) atoms. The van der Waals surface area contributed by atoms with Crippen LogP contribution in [0.5, 0.6) is 10.8 Å². The molecule has 0 radical (unpaired) electrons. The van der Waals surface area contributed by atoms with Crippen molar-refractivity contribution >= 4 is 34.0 Å². The van der Waals surface area contributed by atoms with E-state index in [4.69, 9.17) is 9.47 Å². The summed E-state index contributed by atoms with van der Waals surface area (Å²) in [6.07, 6.45) is -0.888. The lowest BCUT2D eigenvalue weighted by Gasteiger charge is -2.04. The summed E-state index contributed by atoms with van der Waals surface area (Å²) < 4.78 is 10.2. The molecule has 0 saturated heterocycles. The van der Waals surface area contributed by atoms with Crippen molar-refractivity contribution in [3.63, 3.8) is 0 Å². The minimum Gasteiger partial charge on any atom is -0.395 e. The van der Waals surface area contributed by atoms with Gasteiger partial charge in [-0.2, -0.15) is 0 Å². The highest BCUT2D eigenvalue weighted by molar-refractivity contribution is 7.13. The molecule has 1 aromatic heterocycles. The molecule has 7 heteroatoms. The minimum absolute atomic E-state index is 0.0787. The summed E-state index contributed by atoms with van der Waals surface area (Å²) in [4.78, 5) is 21.8. The summed E-state index contributed by atoms with van der Waals surface area (Å²) in [5, 5.41) is 14.7. The van der Waals surface area contributed by atoms with Gasteiger partial charge in [-0.15, -0.1) is 11.3 Å². The molecule has 0 N–H and O–H groups in total. The second-order valence-corrected chi connectivity index (χ2v) is 5.16. The van der Waals surface area contributed by atoms with Crippen LogP contribution in [0.25, 0.3) is 10.8 Å². The quantitative estimate of drug-likeness (QED) is 0.310. The molecule has 0 spiro atoms. The van der Waals surface area contributed by atoms with Crippen LogP contribution in [-0.4, -0.2) is 11.1 Å². The fourth-order valence-electron chi connectivity index (χ4n) is 1.87. The number of nitro groups is 1. The van der Waals surface area contributed by atoms with Crippen molar-refractivity contribution in [1.29, 1.82) is 0 Å². The predicted molar refractivity (Wildman–Crippen MR) is 81.6 cm³/mol. The Kier molecular flexibility index (Phi) is 3.71. The second kappa shape index (κ2) is 5.82. The Labute approximate surface area is 128 Å². The van der Waals surface area contributed by atoms with Gasteiger partial charge in [0.25, 0.3) is 5.69 Å². The summed E-state index contributed by atoms with van der Waals surface area (Å²) in [5.41, 5.74) is -0.0787. The Balaban J connectivity index is 1.71. The molecular weight excluding hydrogens is 306 g/mol. The maximum Gasteiger partial charge on any atom is 0.520 e. The smallest absolute Gasteiger partial charge is 0.395 e. The van der Waals surface area contributed by atoms with Gasteiger partial charge < -0.3 is 9.47 Å². The predicted octanol–water partition coefficient (Wildman–Crippen LogP) is 4.39. The van der Waals surface area contributed by atoms with Gasteiger partial charge in [-0.1, -0.05) is 18.2 Å². The van der Waals surface area contributed by atoms with Crippen molar-refractivity contribution < 1.29 is 19.2 Å². The molecule has 6 nitrogen and oxygen atoms in total. The van der Waals surface area contributed by atoms with Gasteiger partial charge >= 0.3 is 6.16 Å². The molecule has 3 rings (SSSR count). The number of rotatable bonds is 3. The van der Waals surface area contributed by atoms with Gasteiger partial charge in [-0.05, 0) is 23.6 Å². The van der Waals surface area contributed by atoms with Gasteiger partial charge in [0.05, 0.1) is 4.92 Å². The van der Waals surface area contributed by atoms with Crippen molar-refractivity contribution in [2.75, 3.05) is 0 Å². The first-order chi connectivity index (χ1) is 10.6. The third-order valence-electron chi connectivity index (χ3n) is 2.90. The van der Waals surface area contributed by atoms with E-state index in [1.807, 2.05) is 29.6 Å². The van der Waals surface area contributed by atoms with Gasteiger partial charge in [0, 0.05) is 22.9 Å². The van der Waals surface area contributed by atoms with Crippen molar-refractivity contribution in [2.24, 2.45) is 0 Å². The summed E-state index contributed by atoms with van der Waals surface area (Å²) in [7, 11) is 0. The Morgan fingerprint density at radius 3 is 2.50 bits per heavy atom. The summed E-state index contributed by atoms with van der Waals surface area (Å²) in [6.45, 7) is 0. The number of ether oxygens (including phenoxy) is 2. The number of carbonyl (C=O) groups is 1. The Morgan fingerprint density at radius 1 is 1.05 bits per heavy atom. The summed E-state index contributed by atoms with van der Waals surface area (Å²) in [5.74, 6) is 0.177. The number of hydrogen-bond acceptors (Lipinski definition) is 6. The molecule has 3 aromatic rings. The van der Waals surface area contributed by atoms with Crippen LogP contribution in [0.2, 0.25) is 0 Å². The first-order valence-electron chi connectivity index (χ1n) is 6.24. The number of nitro benzene ring substituents is 1. The van der Waals surface area contributed by atoms with Crippen molar-refractivity contribution in [3.8, 4) is 10.8 Å². The lowest BCUT2D eigenvalue weighted by Crippen LogP contribution is -2.13. The molecule has 1 heterocycles. The van der Waals surface area contributed by atoms with E-state index in [1.165, 1.54) is 35.6 Å². The highest BCUT2D eigenvalue weighted by atomic mass is 32.1. The van der Waals surface area contributed by atoms with E-state index in [-0.39, 0.29) is 11.4 Å². The standard InChI is InChI=1S/C15H9NO5S/c17-15(20-12-7-5-11(6-8-12)16(18)19)21-14-13-4-2-1-3-10(13)9-22-14/h1-9H. The van der Waals surface area contributed by atoms with E-state index in [9.17, 15) is 14.9 Å². The largest absolute Gasteiger partial charge is 0.520 e. The van der Waals surface area contributed by atoms with Crippen molar-refractivity contribution in [2.45, 2.75) is 0 Å². The number of carbonyl (C=O) groups excluding carboxylic acids is 1. The molecule has 0 saturated carbocycles. The number of non-ortho nitro benzene ring substituents is 1. The van der Waals surface area contributed by atoms with Crippen LogP contribution in [-0.2, 0) is 0 Å². The molecule has 2 aromatic carbocycles. The van der Waals surface area contributed by atoms with Crippen LogP contribution < -0.4 is 9.47 Å². The molecule has 0 bridgehead atoms. The third kappa shape index (κ3) is 2.89. The van der Waals surface area contributed by atoms with Crippen LogP contribution in [0.4, 0.5) is 10.5 Å². The Bertz CT molecular complexity index is 841. The Hall–Kier alpha value is -2.93. The molecule has 0 amide bonds. The maximum absolute atomic E-state index is 11.8. The van der Waals surface area contributed by atoms with Crippen LogP contribution in [0.15, 0.2) is 53.9 Å². The van der Waals surface area contributed by atoms with E-state index in [2.05, 4.69) is 0 Å². The zero-order valence-corrected chi connectivity index (χ0v) is 11.9. The molecule has 0 aliphatic carbocycles. The van der Waals surface area contributed by atoms with E-state index < -0.39 is 11.1 Å². The molecule has 0 fully saturated rings. The summed E-state index contributed by atoms with van der Waals surface area (Å²) >= 11 is 1.30. The van der Waals surface area contributed by atoms with Gasteiger partial charge in [-0.3, -0.25) is 10.1 Å². The van der Waals surface area contributed by atoms with Crippen LogP contribution in [0.1, 0.15) is 0 Å². The zero-order valence-electron chi connectivity index (χ0n) is 11.1. The highest BCUT2D eigenvalue weighted by Gasteiger charge is 2.13. The summed E-state index contributed by atoms with van der Waals surface area (Å²) in [6, 6.07) is 12.7. The van der Waals surface area contributed by atoms with Crippen LogP contribution in [0, 0.1) is 10.1 Å². The number of fused-ring (bicyclic) bond motifs is 1. The van der Waals surface area contributed by atoms with E-state index in [0.29, 0.717) is 5.06 Å². The second-order valence-electron chi connectivity index (χ2n) is 4.32. The monoisotopic (exact) mass is 315 g/mol. The number of thiophene rings is 1. The average Bonchev–Trinajstić information content (AvgIpc) is 2.91. The van der Waals surface area contributed by atoms with E-state index >= 15 is 0 Å². The lowest BCUT2D eigenvalue weighted by atomic mass is 10.2. The molecule has 110 valence electrons. The molecule has 0 aliphatic rings. The number of nitrogens with zero attached hydrogens (tertiary/aromatic N) is 1. The van der Waals surface area contributed by atoms with Crippen LogP contribution in [0.3, 0.4) is 0 Å². The zero-order chi connectivity index (χ0) is 15.5. The molecule has 0 unspecified atom stereocenters. The average molecular weight is 315 g/mol.